The normalized spacial score (nSPS) is 10.8. The molecule has 0 spiro atoms. The van der Waals surface area contributed by atoms with Crippen molar-refractivity contribution in [3.63, 3.8) is 0 Å². The van der Waals surface area contributed by atoms with Gasteiger partial charge < -0.3 is 14.8 Å². The largest absolute Gasteiger partial charge is 0.478 e. The summed E-state index contributed by atoms with van der Waals surface area (Å²) < 4.78 is 6.31. The Balaban J connectivity index is 2.31. The van der Waals surface area contributed by atoms with Crippen LogP contribution in [0.5, 0.6) is 0 Å². The summed E-state index contributed by atoms with van der Waals surface area (Å²) in [6, 6.07) is 6.86. The number of aromatic carboxylic acids is 1. The number of nitrogens with one attached hydrogen (secondary N) is 1. The summed E-state index contributed by atoms with van der Waals surface area (Å²) in [4.78, 5) is 23.5. The first kappa shape index (κ1) is 17.3. The maximum absolute atomic E-state index is 12.4. The highest BCUT2D eigenvalue weighted by molar-refractivity contribution is 9.10. The number of carboxylic acids is 1. The standard InChI is InChI=1S/C17H18BrNO4/c1-4-14-12(17(21)22)8-15(23-14)16(20)19-13-6-5-10(18)7-11(13)9(2)3/h5-9H,4H2,1-3H3,(H,19,20)(H,21,22). The number of carbonyl (C=O) groups is 2. The Kier molecular flexibility index (Phi) is 5.26. The van der Waals surface area contributed by atoms with Crippen LogP contribution in [-0.4, -0.2) is 17.0 Å². The predicted molar refractivity (Wildman–Crippen MR) is 91.2 cm³/mol. The molecule has 0 aliphatic heterocycles. The fourth-order valence-corrected chi connectivity index (χ4v) is 2.67. The molecule has 6 heteroatoms. The summed E-state index contributed by atoms with van der Waals surface area (Å²) in [5, 5.41) is 11.9. The highest BCUT2D eigenvalue weighted by Crippen LogP contribution is 2.28. The van der Waals surface area contributed by atoms with Gasteiger partial charge in [0.15, 0.2) is 5.76 Å². The van der Waals surface area contributed by atoms with Crippen molar-refractivity contribution in [2.24, 2.45) is 0 Å². The van der Waals surface area contributed by atoms with E-state index in [4.69, 9.17) is 9.52 Å². The molecular weight excluding hydrogens is 362 g/mol. The van der Waals surface area contributed by atoms with Crippen LogP contribution in [0.2, 0.25) is 0 Å². The van der Waals surface area contributed by atoms with Gasteiger partial charge in [-0.05, 0) is 29.7 Å². The minimum Gasteiger partial charge on any atom is -0.478 e. The van der Waals surface area contributed by atoms with E-state index in [1.165, 1.54) is 6.07 Å². The topological polar surface area (TPSA) is 79.5 Å². The van der Waals surface area contributed by atoms with Crippen LogP contribution in [0.1, 0.15) is 58.9 Å². The van der Waals surface area contributed by atoms with Crippen LogP contribution in [0, 0.1) is 0 Å². The zero-order valence-corrected chi connectivity index (χ0v) is 14.7. The van der Waals surface area contributed by atoms with Gasteiger partial charge in [0.05, 0.1) is 0 Å². The Hall–Kier alpha value is -2.08. The Morgan fingerprint density at radius 1 is 1.30 bits per heavy atom. The first-order valence-electron chi connectivity index (χ1n) is 7.30. The lowest BCUT2D eigenvalue weighted by atomic mass is 10.0. The molecule has 0 saturated carbocycles. The van der Waals surface area contributed by atoms with Crippen molar-refractivity contribution in [1.29, 1.82) is 0 Å². The Labute approximate surface area is 142 Å². The molecule has 5 nitrogen and oxygen atoms in total. The van der Waals surface area contributed by atoms with Gasteiger partial charge in [-0.25, -0.2) is 4.79 Å². The number of benzene rings is 1. The van der Waals surface area contributed by atoms with Crippen molar-refractivity contribution in [3.05, 3.63) is 51.4 Å². The molecule has 0 aliphatic rings. The van der Waals surface area contributed by atoms with Crippen molar-refractivity contribution in [2.75, 3.05) is 5.32 Å². The van der Waals surface area contributed by atoms with Crippen LogP contribution >= 0.6 is 15.9 Å². The molecule has 122 valence electrons. The van der Waals surface area contributed by atoms with Gasteiger partial charge in [-0.1, -0.05) is 36.7 Å². The number of rotatable bonds is 5. The third-order valence-corrected chi connectivity index (χ3v) is 3.96. The van der Waals surface area contributed by atoms with Gasteiger partial charge in [-0.3, -0.25) is 4.79 Å². The second-order valence-corrected chi connectivity index (χ2v) is 6.36. The second kappa shape index (κ2) is 7.00. The monoisotopic (exact) mass is 379 g/mol. The van der Waals surface area contributed by atoms with E-state index in [0.717, 1.165) is 10.0 Å². The number of aryl methyl sites for hydroxylation is 1. The molecule has 23 heavy (non-hydrogen) atoms. The van der Waals surface area contributed by atoms with E-state index in [2.05, 4.69) is 21.2 Å². The van der Waals surface area contributed by atoms with Crippen LogP contribution in [0.3, 0.4) is 0 Å². The molecule has 0 fully saturated rings. The minimum absolute atomic E-state index is 0.00289. The third kappa shape index (κ3) is 3.82. The van der Waals surface area contributed by atoms with E-state index < -0.39 is 11.9 Å². The van der Waals surface area contributed by atoms with Crippen molar-refractivity contribution >= 4 is 33.5 Å². The first-order valence-corrected chi connectivity index (χ1v) is 8.09. The second-order valence-electron chi connectivity index (χ2n) is 5.45. The zero-order valence-electron chi connectivity index (χ0n) is 13.1. The number of carbonyl (C=O) groups excluding carboxylic acids is 1. The number of hydrogen-bond acceptors (Lipinski definition) is 3. The fourth-order valence-electron chi connectivity index (χ4n) is 2.29. The molecule has 0 radical (unpaired) electrons. The van der Waals surface area contributed by atoms with E-state index in [0.29, 0.717) is 17.9 Å². The quantitative estimate of drug-likeness (QED) is 0.790. The van der Waals surface area contributed by atoms with Crippen LogP contribution in [0.25, 0.3) is 0 Å². The summed E-state index contributed by atoms with van der Waals surface area (Å²) >= 11 is 3.42. The average molecular weight is 380 g/mol. The number of halogens is 1. The maximum Gasteiger partial charge on any atom is 0.339 e. The Bertz CT molecular complexity index is 749. The maximum atomic E-state index is 12.4. The summed E-state index contributed by atoms with van der Waals surface area (Å²) in [7, 11) is 0. The van der Waals surface area contributed by atoms with Crippen molar-refractivity contribution < 1.29 is 19.1 Å². The molecular formula is C17H18BrNO4. The zero-order chi connectivity index (χ0) is 17.1. The van der Waals surface area contributed by atoms with Gasteiger partial charge in [-0.2, -0.15) is 0 Å². The van der Waals surface area contributed by atoms with Gasteiger partial charge in [0.25, 0.3) is 5.91 Å². The molecule has 0 saturated heterocycles. The van der Waals surface area contributed by atoms with Gasteiger partial charge in [-0.15, -0.1) is 0 Å². The lowest BCUT2D eigenvalue weighted by Crippen LogP contribution is -2.13. The lowest BCUT2D eigenvalue weighted by Gasteiger charge is -2.13. The third-order valence-electron chi connectivity index (χ3n) is 3.47. The number of hydrogen-bond donors (Lipinski definition) is 2. The summed E-state index contributed by atoms with van der Waals surface area (Å²) in [5.41, 5.74) is 1.69. The molecule has 1 amide bonds. The van der Waals surface area contributed by atoms with Gasteiger partial charge >= 0.3 is 5.97 Å². The number of carboxylic acid groups (broad SMARTS) is 1. The molecule has 2 aromatic rings. The lowest BCUT2D eigenvalue weighted by molar-refractivity contribution is 0.0694. The number of amides is 1. The van der Waals surface area contributed by atoms with Gasteiger partial charge in [0.1, 0.15) is 11.3 Å². The SMILES string of the molecule is CCc1oc(C(=O)Nc2ccc(Br)cc2C(C)C)cc1C(=O)O. The highest BCUT2D eigenvalue weighted by Gasteiger charge is 2.21. The first-order chi connectivity index (χ1) is 10.8. The molecule has 0 bridgehead atoms. The van der Waals surface area contributed by atoms with Gasteiger partial charge in [0.2, 0.25) is 0 Å². The van der Waals surface area contributed by atoms with Crippen LogP contribution < -0.4 is 5.32 Å². The summed E-state index contributed by atoms with van der Waals surface area (Å²) in [6.45, 7) is 5.84. The Morgan fingerprint density at radius 3 is 2.52 bits per heavy atom. The predicted octanol–water partition coefficient (Wildman–Crippen LogP) is 4.68. The summed E-state index contributed by atoms with van der Waals surface area (Å²) in [5.74, 6) is -1.05. The van der Waals surface area contributed by atoms with Crippen LogP contribution in [0.4, 0.5) is 5.69 Å². The number of anilines is 1. The number of furan rings is 1. The minimum atomic E-state index is -1.10. The van der Waals surface area contributed by atoms with E-state index in [1.807, 2.05) is 26.0 Å². The summed E-state index contributed by atoms with van der Waals surface area (Å²) in [6.07, 6.45) is 0.407. The van der Waals surface area contributed by atoms with E-state index in [1.54, 1.807) is 13.0 Å². The molecule has 2 rings (SSSR count). The highest BCUT2D eigenvalue weighted by atomic mass is 79.9. The molecule has 0 unspecified atom stereocenters. The van der Waals surface area contributed by atoms with E-state index >= 15 is 0 Å². The van der Waals surface area contributed by atoms with Crippen molar-refractivity contribution in [3.8, 4) is 0 Å². The molecule has 2 N–H and O–H groups in total. The van der Waals surface area contributed by atoms with Crippen LogP contribution in [0.15, 0.2) is 33.2 Å². The fraction of sp³-hybridized carbons (Fsp3) is 0.294. The van der Waals surface area contributed by atoms with Gasteiger partial charge in [0, 0.05) is 22.6 Å². The molecule has 0 atom stereocenters. The van der Waals surface area contributed by atoms with Crippen molar-refractivity contribution in [2.45, 2.75) is 33.1 Å². The van der Waals surface area contributed by atoms with E-state index in [9.17, 15) is 9.59 Å². The average Bonchev–Trinajstić information content (AvgIpc) is 2.93. The molecule has 1 heterocycles. The molecule has 1 aromatic carbocycles. The van der Waals surface area contributed by atoms with Crippen LogP contribution in [-0.2, 0) is 6.42 Å². The van der Waals surface area contributed by atoms with E-state index in [-0.39, 0.29) is 17.2 Å². The Morgan fingerprint density at radius 2 is 2.00 bits per heavy atom. The van der Waals surface area contributed by atoms with Crippen molar-refractivity contribution in [1.82, 2.24) is 0 Å². The molecule has 1 aromatic heterocycles. The smallest absolute Gasteiger partial charge is 0.339 e. The molecule has 0 aliphatic carbocycles.